The van der Waals surface area contributed by atoms with Crippen molar-refractivity contribution in [1.29, 1.82) is 0 Å². The highest BCUT2D eigenvalue weighted by atomic mass is 16.5. The number of carbonyl (C=O) groups is 1. The maximum Gasteiger partial charge on any atom is 0.414 e. The van der Waals surface area contributed by atoms with Crippen LogP contribution in [0.15, 0.2) is 36.5 Å². The Morgan fingerprint density at radius 2 is 1.48 bits per heavy atom. The third-order valence-corrected chi connectivity index (χ3v) is 4.96. The SMILES string of the molecule is COC(=O)N1C=Cc2cc(OC)c(OC)cc2C1Cc1ccc(OC)c(OC)c1. The van der Waals surface area contributed by atoms with E-state index in [4.69, 9.17) is 23.7 Å². The van der Waals surface area contributed by atoms with E-state index in [-0.39, 0.29) is 6.04 Å². The maximum atomic E-state index is 12.4. The summed E-state index contributed by atoms with van der Waals surface area (Å²) in [7, 11) is 7.74. The number of benzene rings is 2. The molecule has 2 aromatic carbocycles. The van der Waals surface area contributed by atoms with Gasteiger partial charge in [-0.05, 0) is 53.5 Å². The van der Waals surface area contributed by atoms with Gasteiger partial charge >= 0.3 is 6.09 Å². The number of ether oxygens (including phenoxy) is 5. The van der Waals surface area contributed by atoms with Crippen molar-refractivity contribution in [3.8, 4) is 23.0 Å². The lowest BCUT2D eigenvalue weighted by Gasteiger charge is -2.33. The highest BCUT2D eigenvalue weighted by molar-refractivity contribution is 5.74. The van der Waals surface area contributed by atoms with Gasteiger partial charge in [0.05, 0.1) is 41.6 Å². The topological polar surface area (TPSA) is 66.5 Å². The van der Waals surface area contributed by atoms with Crippen LogP contribution in [0.4, 0.5) is 4.79 Å². The molecule has 0 bridgehead atoms. The van der Waals surface area contributed by atoms with Crippen molar-refractivity contribution in [2.75, 3.05) is 35.5 Å². The van der Waals surface area contributed by atoms with Gasteiger partial charge in [0, 0.05) is 6.20 Å². The van der Waals surface area contributed by atoms with Crippen LogP contribution in [0.2, 0.25) is 0 Å². The third kappa shape index (κ3) is 3.94. The van der Waals surface area contributed by atoms with Gasteiger partial charge in [-0.15, -0.1) is 0 Å². The summed E-state index contributed by atoms with van der Waals surface area (Å²) in [4.78, 5) is 14.0. The highest BCUT2D eigenvalue weighted by Crippen LogP contribution is 2.40. The van der Waals surface area contributed by atoms with Crippen molar-refractivity contribution >= 4 is 12.2 Å². The molecular formula is C22H25NO6. The molecule has 0 spiro atoms. The standard InChI is InChI=1S/C22H25NO6/c1-25-18-7-6-14(11-19(18)26-2)10-17-16-13-21(28-4)20(27-3)12-15(16)8-9-23(17)22(24)29-5/h6-9,11-13,17H,10H2,1-5H3. The first-order valence-electron chi connectivity index (χ1n) is 9.07. The minimum Gasteiger partial charge on any atom is -0.493 e. The summed E-state index contributed by atoms with van der Waals surface area (Å²) in [5.74, 6) is 2.51. The molecule has 29 heavy (non-hydrogen) atoms. The van der Waals surface area contributed by atoms with E-state index in [1.807, 2.05) is 36.4 Å². The van der Waals surface area contributed by atoms with Crippen molar-refractivity contribution in [2.45, 2.75) is 12.5 Å². The number of methoxy groups -OCH3 is 5. The van der Waals surface area contributed by atoms with Gasteiger partial charge in [-0.2, -0.15) is 0 Å². The quantitative estimate of drug-likeness (QED) is 0.730. The normalized spacial score (nSPS) is 14.8. The van der Waals surface area contributed by atoms with Crippen LogP contribution in [0.3, 0.4) is 0 Å². The van der Waals surface area contributed by atoms with E-state index in [0.29, 0.717) is 29.4 Å². The van der Waals surface area contributed by atoms with Gasteiger partial charge in [0.25, 0.3) is 0 Å². The Hall–Kier alpha value is -3.35. The Bertz CT molecular complexity index is 924. The zero-order valence-corrected chi connectivity index (χ0v) is 17.2. The van der Waals surface area contributed by atoms with Crippen molar-refractivity contribution in [1.82, 2.24) is 4.90 Å². The van der Waals surface area contributed by atoms with Gasteiger partial charge in [-0.1, -0.05) is 6.07 Å². The molecule has 0 aliphatic carbocycles. The Labute approximate surface area is 170 Å². The molecule has 1 aliphatic heterocycles. The van der Waals surface area contributed by atoms with Crippen LogP contribution in [-0.4, -0.2) is 46.5 Å². The van der Waals surface area contributed by atoms with Crippen LogP contribution in [0.25, 0.3) is 6.08 Å². The molecular weight excluding hydrogens is 374 g/mol. The fraction of sp³-hybridized carbons (Fsp3) is 0.318. The Morgan fingerprint density at radius 1 is 0.862 bits per heavy atom. The molecule has 7 nitrogen and oxygen atoms in total. The van der Waals surface area contributed by atoms with Crippen LogP contribution in [0.1, 0.15) is 22.7 Å². The molecule has 0 saturated heterocycles. The van der Waals surface area contributed by atoms with Crippen molar-refractivity contribution in [2.24, 2.45) is 0 Å². The van der Waals surface area contributed by atoms with Gasteiger partial charge in [0.2, 0.25) is 0 Å². The number of rotatable bonds is 6. The number of hydrogen-bond acceptors (Lipinski definition) is 6. The number of carbonyl (C=O) groups excluding carboxylic acids is 1. The molecule has 0 N–H and O–H groups in total. The molecule has 0 radical (unpaired) electrons. The molecule has 3 rings (SSSR count). The van der Waals surface area contributed by atoms with Crippen molar-refractivity contribution in [3.05, 3.63) is 53.2 Å². The minimum absolute atomic E-state index is 0.291. The molecule has 1 atom stereocenters. The Balaban J connectivity index is 2.06. The Kier molecular flexibility index (Phi) is 6.16. The van der Waals surface area contributed by atoms with Crippen LogP contribution < -0.4 is 18.9 Å². The number of hydrogen-bond donors (Lipinski definition) is 0. The molecule has 1 aliphatic rings. The molecule has 0 aromatic heterocycles. The summed E-state index contributed by atoms with van der Waals surface area (Å²) < 4.78 is 26.6. The highest BCUT2D eigenvalue weighted by Gasteiger charge is 2.30. The van der Waals surface area contributed by atoms with E-state index in [9.17, 15) is 4.79 Å². The first kappa shape index (κ1) is 20.4. The number of amides is 1. The Morgan fingerprint density at radius 3 is 2.10 bits per heavy atom. The fourth-order valence-electron chi connectivity index (χ4n) is 3.49. The summed E-state index contributed by atoms with van der Waals surface area (Å²) in [5, 5.41) is 0. The van der Waals surface area contributed by atoms with E-state index in [1.165, 1.54) is 7.11 Å². The van der Waals surface area contributed by atoms with E-state index < -0.39 is 6.09 Å². The average Bonchev–Trinajstić information content (AvgIpc) is 2.77. The molecule has 0 saturated carbocycles. The lowest BCUT2D eigenvalue weighted by molar-refractivity contribution is 0.125. The molecule has 1 unspecified atom stereocenters. The largest absolute Gasteiger partial charge is 0.493 e. The van der Waals surface area contributed by atoms with Crippen molar-refractivity contribution < 1.29 is 28.5 Å². The second kappa shape index (κ2) is 8.77. The third-order valence-electron chi connectivity index (χ3n) is 4.96. The van der Waals surface area contributed by atoms with Crippen molar-refractivity contribution in [3.63, 3.8) is 0 Å². The van der Waals surface area contributed by atoms with Crippen LogP contribution >= 0.6 is 0 Å². The second-order valence-corrected chi connectivity index (χ2v) is 6.44. The van der Waals surface area contributed by atoms with E-state index in [0.717, 1.165) is 16.7 Å². The molecule has 0 fully saturated rings. The molecule has 2 aromatic rings. The van der Waals surface area contributed by atoms with Gasteiger partial charge in [0.15, 0.2) is 23.0 Å². The van der Waals surface area contributed by atoms with Gasteiger partial charge < -0.3 is 23.7 Å². The average molecular weight is 399 g/mol. The summed E-state index contributed by atoms with van der Waals surface area (Å²) in [6, 6.07) is 9.23. The number of fused-ring (bicyclic) bond motifs is 1. The lowest BCUT2D eigenvalue weighted by Crippen LogP contribution is -2.33. The predicted octanol–water partition coefficient (Wildman–Crippen LogP) is 4.06. The zero-order valence-electron chi connectivity index (χ0n) is 17.2. The molecule has 1 amide bonds. The predicted molar refractivity (Wildman–Crippen MR) is 109 cm³/mol. The van der Waals surface area contributed by atoms with Gasteiger partial charge in [-0.3, -0.25) is 4.90 Å². The summed E-state index contributed by atoms with van der Waals surface area (Å²) in [5.41, 5.74) is 2.87. The minimum atomic E-state index is -0.438. The van der Waals surface area contributed by atoms with Crippen LogP contribution in [0, 0.1) is 0 Å². The summed E-state index contributed by atoms with van der Waals surface area (Å²) in [6.45, 7) is 0. The van der Waals surface area contributed by atoms with Crippen LogP contribution in [-0.2, 0) is 11.2 Å². The molecule has 1 heterocycles. The smallest absolute Gasteiger partial charge is 0.414 e. The first-order valence-corrected chi connectivity index (χ1v) is 9.07. The lowest BCUT2D eigenvalue weighted by atomic mass is 9.91. The first-order chi connectivity index (χ1) is 14.1. The molecule has 7 heteroatoms. The summed E-state index contributed by atoms with van der Waals surface area (Å²) in [6.07, 6.45) is 3.69. The maximum absolute atomic E-state index is 12.4. The zero-order chi connectivity index (χ0) is 21.0. The van der Waals surface area contributed by atoms with E-state index >= 15 is 0 Å². The van der Waals surface area contributed by atoms with E-state index in [2.05, 4.69) is 0 Å². The molecule has 154 valence electrons. The van der Waals surface area contributed by atoms with Gasteiger partial charge in [0.1, 0.15) is 0 Å². The summed E-state index contributed by atoms with van der Waals surface area (Å²) >= 11 is 0. The fourth-order valence-corrected chi connectivity index (χ4v) is 3.49. The second-order valence-electron chi connectivity index (χ2n) is 6.44. The van der Waals surface area contributed by atoms with E-state index in [1.54, 1.807) is 39.5 Å². The monoisotopic (exact) mass is 399 g/mol. The van der Waals surface area contributed by atoms with Crippen LogP contribution in [0.5, 0.6) is 23.0 Å². The van der Waals surface area contributed by atoms with Gasteiger partial charge in [-0.25, -0.2) is 4.79 Å². The number of nitrogens with zero attached hydrogens (tertiary/aromatic N) is 1.